The zero-order chi connectivity index (χ0) is 10.7. The first-order valence-electron chi connectivity index (χ1n) is 5.72. The van der Waals surface area contributed by atoms with Crippen LogP contribution in [0.4, 0.5) is 0 Å². The first-order valence-corrected chi connectivity index (χ1v) is 5.72. The van der Waals surface area contributed by atoms with Crippen molar-refractivity contribution in [2.45, 2.75) is 53.4 Å². The predicted octanol–water partition coefficient (Wildman–Crippen LogP) is 4.24. The van der Waals surface area contributed by atoms with Gasteiger partial charge >= 0.3 is 0 Å². The monoisotopic (exact) mass is 190 g/mol. The van der Waals surface area contributed by atoms with Gasteiger partial charge in [0.15, 0.2) is 0 Å². The summed E-state index contributed by atoms with van der Waals surface area (Å²) in [4.78, 5) is 0. The van der Waals surface area contributed by atoms with Crippen LogP contribution in [-0.2, 0) is 12.8 Å². The molecule has 0 saturated heterocycles. The third kappa shape index (κ3) is 2.17. The van der Waals surface area contributed by atoms with Gasteiger partial charge in [-0.2, -0.15) is 0 Å². The first-order chi connectivity index (χ1) is 6.60. The van der Waals surface area contributed by atoms with E-state index < -0.39 is 0 Å². The number of aryl methyl sites for hydroxylation is 2. The van der Waals surface area contributed by atoms with Gasteiger partial charge in [-0.05, 0) is 47.9 Å². The van der Waals surface area contributed by atoms with E-state index in [1.165, 1.54) is 22.3 Å². The average Bonchev–Trinajstić information content (AvgIpc) is 2.17. The third-order valence-electron chi connectivity index (χ3n) is 3.03. The van der Waals surface area contributed by atoms with Gasteiger partial charge in [0.25, 0.3) is 0 Å². The molecule has 0 aliphatic carbocycles. The zero-order valence-corrected chi connectivity index (χ0v) is 10.1. The molecule has 0 aliphatic rings. The average molecular weight is 190 g/mol. The topological polar surface area (TPSA) is 0 Å². The summed E-state index contributed by atoms with van der Waals surface area (Å²) in [6, 6.07) is 4.74. The molecule has 0 fully saturated rings. The maximum absolute atomic E-state index is 2.37. The van der Waals surface area contributed by atoms with Crippen molar-refractivity contribution in [3.8, 4) is 0 Å². The van der Waals surface area contributed by atoms with E-state index in [4.69, 9.17) is 0 Å². The second kappa shape index (κ2) is 4.63. The highest BCUT2D eigenvalue weighted by Gasteiger charge is 2.08. The van der Waals surface area contributed by atoms with E-state index in [0.717, 1.165) is 12.8 Å². The van der Waals surface area contributed by atoms with Gasteiger partial charge in [0.2, 0.25) is 0 Å². The van der Waals surface area contributed by atoms with Crippen molar-refractivity contribution in [2.24, 2.45) is 0 Å². The van der Waals surface area contributed by atoms with Crippen LogP contribution in [0.25, 0.3) is 0 Å². The molecule has 0 aliphatic heterocycles. The van der Waals surface area contributed by atoms with Gasteiger partial charge in [-0.3, -0.25) is 0 Å². The molecule has 0 heterocycles. The lowest BCUT2D eigenvalue weighted by Crippen LogP contribution is -1.99. The second-order valence-corrected chi connectivity index (χ2v) is 4.33. The van der Waals surface area contributed by atoms with Crippen molar-refractivity contribution in [2.75, 3.05) is 0 Å². The number of rotatable bonds is 3. The summed E-state index contributed by atoms with van der Waals surface area (Å²) in [7, 11) is 0. The lowest BCUT2D eigenvalue weighted by atomic mass is 9.90. The van der Waals surface area contributed by atoms with Crippen LogP contribution in [0.3, 0.4) is 0 Å². The maximum atomic E-state index is 2.37. The smallest absolute Gasteiger partial charge is 0.0216 e. The Kier molecular flexibility index (Phi) is 3.74. The highest BCUT2D eigenvalue weighted by molar-refractivity contribution is 5.40. The second-order valence-electron chi connectivity index (χ2n) is 4.33. The van der Waals surface area contributed by atoms with E-state index in [1.54, 1.807) is 0 Å². The Morgan fingerprint density at radius 3 is 2.14 bits per heavy atom. The lowest BCUT2D eigenvalue weighted by Gasteiger charge is -2.15. The van der Waals surface area contributed by atoms with Crippen molar-refractivity contribution in [1.29, 1.82) is 0 Å². The SMILES string of the molecule is CCc1cc(CC)c(C)c(C(C)C)c1. The molecule has 0 atom stereocenters. The van der Waals surface area contributed by atoms with Crippen LogP contribution in [0.1, 0.15) is 55.9 Å². The predicted molar refractivity (Wildman–Crippen MR) is 64.0 cm³/mol. The quantitative estimate of drug-likeness (QED) is 0.668. The molecule has 0 aromatic heterocycles. The lowest BCUT2D eigenvalue weighted by molar-refractivity contribution is 0.844. The summed E-state index contributed by atoms with van der Waals surface area (Å²) in [5, 5.41) is 0. The van der Waals surface area contributed by atoms with Gasteiger partial charge in [0.1, 0.15) is 0 Å². The largest absolute Gasteiger partial charge is 0.0613 e. The van der Waals surface area contributed by atoms with E-state index in [1.807, 2.05) is 0 Å². The minimum atomic E-state index is 0.645. The first kappa shape index (κ1) is 11.3. The van der Waals surface area contributed by atoms with Gasteiger partial charge in [0.05, 0.1) is 0 Å². The Hall–Kier alpha value is -0.780. The Morgan fingerprint density at radius 2 is 1.71 bits per heavy atom. The van der Waals surface area contributed by atoms with Gasteiger partial charge in [-0.1, -0.05) is 39.8 Å². The molecular weight excluding hydrogens is 168 g/mol. The minimum absolute atomic E-state index is 0.645. The van der Waals surface area contributed by atoms with Crippen molar-refractivity contribution in [1.82, 2.24) is 0 Å². The van der Waals surface area contributed by atoms with Gasteiger partial charge in [0, 0.05) is 0 Å². The molecule has 0 N–H and O–H groups in total. The Balaban J connectivity index is 3.27. The maximum Gasteiger partial charge on any atom is -0.0216 e. The van der Waals surface area contributed by atoms with E-state index >= 15 is 0 Å². The minimum Gasteiger partial charge on any atom is -0.0613 e. The zero-order valence-electron chi connectivity index (χ0n) is 10.1. The molecule has 1 rings (SSSR count). The van der Waals surface area contributed by atoms with Crippen LogP contribution >= 0.6 is 0 Å². The normalized spacial score (nSPS) is 11.0. The van der Waals surface area contributed by atoms with Crippen molar-refractivity contribution < 1.29 is 0 Å². The summed E-state index contributed by atoms with van der Waals surface area (Å²) in [6.45, 7) is 11.3. The summed E-state index contributed by atoms with van der Waals surface area (Å²) in [5.41, 5.74) is 6.03. The molecular formula is C14H22. The molecule has 78 valence electrons. The fourth-order valence-corrected chi connectivity index (χ4v) is 2.04. The fraction of sp³-hybridized carbons (Fsp3) is 0.571. The summed E-state index contributed by atoms with van der Waals surface area (Å²) in [6.07, 6.45) is 2.30. The van der Waals surface area contributed by atoms with Crippen molar-refractivity contribution >= 4 is 0 Å². The highest BCUT2D eigenvalue weighted by Crippen LogP contribution is 2.24. The van der Waals surface area contributed by atoms with E-state index in [0.29, 0.717) is 5.92 Å². The van der Waals surface area contributed by atoms with Gasteiger partial charge < -0.3 is 0 Å². The Bertz CT molecular complexity index is 308. The van der Waals surface area contributed by atoms with E-state index in [9.17, 15) is 0 Å². The number of hydrogen-bond donors (Lipinski definition) is 0. The van der Waals surface area contributed by atoms with Crippen LogP contribution in [0.15, 0.2) is 12.1 Å². The molecule has 1 aromatic carbocycles. The Labute approximate surface area is 88.4 Å². The number of hydrogen-bond acceptors (Lipinski definition) is 0. The summed E-state index contributed by atoms with van der Waals surface area (Å²) >= 11 is 0. The molecule has 0 unspecified atom stereocenters. The molecule has 0 saturated carbocycles. The summed E-state index contributed by atoms with van der Waals surface area (Å²) < 4.78 is 0. The molecule has 0 heteroatoms. The van der Waals surface area contributed by atoms with Crippen LogP contribution in [-0.4, -0.2) is 0 Å². The fourth-order valence-electron chi connectivity index (χ4n) is 2.04. The van der Waals surface area contributed by atoms with Crippen LogP contribution in [0.5, 0.6) is 0 Å². The standard InChI is InChI=1S/C14H22/c1-6-12-8-13(7-2)11(5)14(9-12)10(3)4/h8-10H,6-7H2,1-5H3. The van der Waals surface area contributed by atoms with Gasteiger partial charge in [-0.25, -0.2) is 0 Å². The molecule has 0 radical (unpaired) electrons. The molecule has 0 nitrogen and oxygen atoms in total. The molecule has 0 bridgehead atoms. The molecule has 14 heavy (non-hydrogen) atoms. The van der Waals surface area contributed by atoms with Crippen LogP contribution in [0.2, 0.25) is 0 Å². The molecule has 0 amide bonds. The number of benzene rings is 1. The van der Waals surface area contributed by atoms with Crippen molar-refractivity contribution in [3.05, 3.63) is 34.4 Å². The van der Waals surface area contributed by atoms with E-state index in [-0.39, 0.29) is 0 Å². The molecule has 0 spiro atoms. The Morgan fingerprint density at radius 1 is 1.07 bits per heavy atom. The van der Waals surface area contributed by atoms with Gasteiger partial charge in [-0.15, -0.1) is 0 Å². The van der Waals surface area contributed by atoms with Crippen LogP contribution < -0.4 is 0 Å². The third-order valence-corrected chi connectivity index (χ3v) is 3.03. The summed E-state index contributed by atoms with van der Waals surface area (Å²) in [5.74, 6) is 0.645. The highest BCUT2D eigenvalue weighted by atomic mass is 14.1. The van der Waals surface area contributed by atoms with Crippen LogP contribution in [0, 0.1) is 6.92 Å². The molecule has 1 aromatic rings. The van der Waals surface area contributed by atoms with Crippen molar-refractivity contribution in [3.63, 3.8) is 0 Å². The van der Waals surface area contributed by atoms with E-state index in [2.05, 4.69) is 46.8 Å².